The van der Waals surface area contributed by atoms with Gasteiger partial charge in [0.05, 0.1) is 12.0 Å². The van der Waals surface area contributed by atoms with E-state index in [0.29, 0.717) is 12.0 Å². The molecule has 1 fully saturated rings. The largest absolute Gasteiger partial charge is 0.459 e. The number of nitrogens with zero attached hydrogens (tertiary/aromatic N) is 3. The van der Waals surface area contributed by atoms with Gasteiger partial charge >= 0.3 is 0 Å². The Morgan fingerprint density at radius 3 is 2.87 bits per heavy atom. The Bertz CT molecular complexity index is 806. The first-order chi connectivity index (χ1) is 11.3. The van der Waals surface area contributed by atoms with Crippen LogP contribution >= 0.6 is 11.5 Å². The molecule has 1 saturated carbocycles. The molecule has 0 aromatic carbocycles. The summed E-state index contributed by atoms with van der Waals surface area (Å²) in [5.41, 5.74) is 2.52. The predicted octanol–water partition coefficient (Wildman–Crippen LogP) is 4.48. The van der Waals surface area contributed by atoms with E-state index in [1.165, 1.54) is 43.6 Å². The van der Waals surface area contributed by atoms with Crippen molar-refractivity contribution in [2.75, 3.05) is 10.6 Å². The van der Waals surface area contributed by atoms with Crippen LogP contribution in [0.5, 0.6) is 0 Å². The maximum absolute atomic E-state index is 5.57. The van der Waals surface area contributed by atoms with Gasteiger partial charge in [-0.3, -0.25) is 0 Å². The third-order valence-corrected chi connectivity index (χ3v) is 4.91. The van der Waals surface area contributed by atoms with Crippen LogP contribution in [0.25, 0.3) is 11.1 Å². The van der Waals surface area contributed by atoms with Crippen molar-refractivity contribution >= 4 is 39.4 Å². The van der Waals surface area contributed by atoms with Crippen molar-refractivity contribution < 1.29 is 4.42 Å². The van der Waals surface area contributed by atoms with Crippen molar-refractivity contribution in [3.05, 3.63) is 24.1 Å². The van der Waals surface area contributed by atoms with E-state index in [1.807, 2.05) is 19.1 Å². The number of aryl methyl sites for hydroxylation is 1. The van der Waals surface area contributed by atoms with E-state index in [-0.39, 0.29) is 0 Å². The van der Waals surface area contributed by atoms with Crippen LogP contribution in [0.4, 0.5) is 16.8 Å². The topological polar surface area (TPSA) is 75.9 Å². The van der Waals surface area contributed by atoms with Gasteiger partial charge in [0.2, 0.25) is 5.95 Å². The van der Waals surface area contributed by atoms with Crippen molar-refractivity contribution in [1.29, 1.82) is 0 Å². The van der Waals surface area contributed by atoms with Crippen LogP contribution in [0.15, 0.2) is 22.8 Å². The minimum Gasteiger partial charge on any atom is -0.459 e. The molecule has 0 bridgehead atoms. The van der Waals surface area contributed by atoms with Crippen molar-refractivity contribution in [2.45, 2.75) is 45.1 Å². The summed E-state index contributed by atoms with van der Waals surface area (Å²) in [6, 6.07) is 4.32. The van der Waals surface area contributed by atoms with E-state index in [4.69, 9.17) is 4.42 Å². The van der Waals surface area contributed by atoms with Gasteiger partial charge in [0.25, 0.3) is 0 Å². The number of hydrogen-bond acceptors (Lipinski definition) is 7. The summed E-state index contributed by atoms with van der Waals surface area (Å²) in [6.07, 6.45) is 7.90. The van der Waals surface area contributed by atoms with Gasteiger partial charge < -0.3 is 15.1 Å². The Balaban J connectivity index is 1.63. The molecule has 7 heteroatoms. The fraction of sp³-hybridized carbons (Fsp3) is 0.438. The summed E-state index contributed by atoms with van der Waals surface area (Å²) in [6.45, 7) is 1.97. The van der Waals surface area contributed by atoms with Gasteiger partial charge in [-0.2, -0.15) is 9.36 Å². The molecule has 3 heterocycles. The molecule has 2 N–H and O–H groups in total. The molecule has 0 saturated heterocycles. The van der Waals surface area contributed by atoms with Crippen LogP contribution in [0.3, 0.4) is 0 Å². The molecule has 1 aliphatic carbocycles. The number of nitrogens with one attached hydrogen (secondary N) is 2. The third-order valence-electron chi connectivity index (χ3n) is 4.11. The van der Waals surface area contributed by atoms with Crippen LogP contribution in [0.1, 0.15) is 37.8 Å². The van der Waals surface area contributed by atoms with Gasteiger partial charge in [0.1, 0.15) is 10.5 Å². The van der Waals surface area contributed by atoms with Crippen molar-refractivity contribution in [3.63, 3.8) is 0 Å². The number of furan rings is 1. The van der Waals surface area contributed by atoms with Crippen molar-refractivity contribution in [2.24, 2.45) is 0 Å². The van der Waals surface area contributed by atoms with Gasteiger partial charge in [0, 0.05) is 12.1 Å². The number of rotatable bonds is 4. The van der Waals surface area contributed by atoms with E-state index in [2.05, 4.69) is 25.0 Å². The van der Waals surface area contributed by atoms with Gasteiger partial charge in [-0.15, -0.1) is 0 Å². The zero-order chi connectivity index (χ0) is 15.6. The molecule has 0 aliphatic heterocycles. The zero-order valence-corrected chi connectivity index (χ0v) is 13.8. The number of anilines is 3. The van der Waals surface area contributed by atoms with E-state index < -0.39 is 0 Å². The maximum atomic E-state index is 5.57. The van der Waals surface area contributed by atoms with Gasteiger partial charge in [-0.05, 0) is 37.4 Å². The second-order valence-electron chi connectivity index (χ2n) is 5.97. The second kappa shape index (κ2) is 6.16. The lowest BCUT2D eigenvalue weighted by atomic mass is 9.95. The van der Waals surface area contributed by atoms with Gasteiger partial charge in [0.15, 0.2) is 11.4 Å². The van der Waals surface area contributed by atoms with Crippen LogP contribution in [0, 0.1) is 6.92 Å². The highest BCUT2D eigenvalue weighted by Gasteiger charge is 2.17. The minimum atomic E-state index is 0.463. The quantitative estimate of drug-likeness (QED) is 0.735. The Morgan fingerprint density at radius 1 is 1.22 bits per heavy atom. The van der Waals surface area contributed by atoms with Gasteiger partial charge in [-0.1, -0.05) is 19.3 Å². The molecule has 0 unspecified atom stereocenters. The Hall–Kier alpha value is -2.15. The molecule has 0 amide bonds. The summed E-state index contributed by atoms with van der Waals surface area (Å²) in [5, 5.41) is 7.72. The standard InChI is InChI=1S/C16H19N5OS/c1-10-9-13(23-21-10)19-16-18-12-7-8-22-14(12)15(20-16)17-11-5-3-2-4-6-11/h7-9,11H,2-6H2,1H3,(H2,17,18,19,20). The monoisotopic (exact) mass is 329 g/mol. The van der Waals surface area contributed by atoms with Crippen LogP contribution in [-0.4, -0.2) is 20.4 Å². The van der Waals surface area contributed by atoms with E-state index in [0.717, 1.165) is 27.6 Å². The first-order valence-corrected chi connectivity index (χ1v) is 8.77. The van der Waals surface area contributed by atoms with Gasteiger partial charge in [-0.25, -0.2) is 4.98 Å². The highest BCUT2D eigenvalue weighted by molar-refractivity contribution is 7.10. The molecule has 0 spiro atoms. The summed E-state index contributed by atoms with van der Waals surface area (Å²) in [4.78, 5) is 9.14. The van der Waals surface area contributed by atoms with Crippen LogP contribution in [-0.2, 0) is 0 Å². The highest BCUT2D eigenvalue weighted by Crippen LogP contribution is 2.28. The average molecular weight is 329 g/mol. The number of aromatic nitrogens is 3. The highest BCUT2D eigenvalue weighted by atomic mass is 32.1. The third kappa shape index (κ3) is 3.14. The lowest BCUT2D eigenvalue weighted by molar-refractivity contribution is 0.461. The summed E-state index contributed by atoms with van der Waals surface area (Å²) in [5.74, 6) is 1.34. The molecule has 1 aliphatic rings. The van der Waals surface area contributed by atoms with Crippen LogP contribution in [0.2, 0.25) is 0 Å². The molecule has 23 heavy (non-hydrogen) atoms. The lowest BCUT2D eigenvalue weighted by Gasteiger charge is -2.23. The molecule has 6 nitrogen and oxygen atoms in total. The van der Waals surface area contributed by atoms with E-state index in [1.54, 1.807) is 6.26 Å². The molecule has 0 radical (unpaired) electrons. The molecule has 4 rings (SSSR count). The molecule has 3 aromatic rings. The summed E-state index contributed by atoms with van der Waals surface area (Å²) < 4.78 is 9.85. The Kier molecular flexibility index (Phi) is 3.87. The number of hydrogen-bond donors (Lipinski definition) is 2. The molecular formula is C16H19N5OS. The molecule has 0 atom stereocenters. The first kappa shape index (κ1) is 14.4. The fourth-order valence-electron chi connectivity index (χ4n) is 2.99. The predicted molar refractivity (Wildman–Crippen MR) is 92.4 cm³/mol. The smallest absolute Gasteiger partial charge is 0.230 e. The SMILES string of the molecule is Cc1cc(Nc2nc(NC3CCCCC3)c3occc3n2)sn1. The van der Waals surface area contributed by atoms with Crippen molar-refractivity contribution in [3.8, 4) is 0 Å². The molecule has 3 aromatic heterocycles. The summed E-state index contributed by atoms with van der Waals surface area (Å²) in [7, 11) is 0. The maximum Gasteiger partial charge on any atom is 0.230 e. The molecular weight excluding hydrogens is 310 g/mol. The number of fused-ring (bicyclic) bond motifs is 1. The Morgan fingerprint density at radius 2 is 2.09 bits per heavy atom. The Labute approximate surface area is 138 Å². The second-order valence-corrected chi connectivity index (χ2v) is 6.77. The van der Waals surface area contributed by atoms with Crippen molar-refractivity contribution in [1.82, 2.24) is 14.3 Å². The normalized spacial score (nSPS) is 15.9. The molecule has 120 valence electrons. The first-order valence-electron chi connectivity index (χ1n) is 8.00. The fourth-order valence-corrected chi connectivity index (χ4v) is 3.65. The summed E-state index contributed by atoms with van der Waals surface area (Å²) >= 11 is 1.41. The average Bonchev–Trinajstić information content (AvgIpc) is 3.17. The zero-order valence-electron chi connectivity index (χ0n) is 13.0. The lowest BCUT2D eigenvalue weighted by Crippen LogP contribution is -2.23. The van der Waals surface area contributed by atoms with E-state index >= 15 is 0 Å². The van der Waals surface area contributed by atoms with E-state index in [9.17, 15) is 0 Å². The van der Waals surface area contributed by atoms with Crippen LogP contribution < -0.4 is 10.6 Å². The minimum absolute atomic E-state index is 0.463.